The SMILES string of the molecule is COc1cccc2c1C(=O)c1c(O)c3c(c(O)c1C2=O)C1[C@@H](O)[C@@H](F)C3C2COC1(C)O2. The van der Waals surface area contributed by atoms with E-state index >= 15 is 4.39 Å². The lowest BCUT2D eigenvalue weighted by atomic mass is 9.66. The monoisotopic (exact) mass is 442 g/mol. The lowest BCUT2D eigenvalue weighted by Gasteiger charge is -2.42. The van der Waals surface area contributed by atoms with Crippen LogP contribution in [0, 0.1) is 0 Å². The lowest BCUT2D eigenvalue weighted by molar-refractivity contribution is -0.181. The zero-order chi connectivity index (χ0) is 22.7. The van der Waals surface area contributed by atoms with Gasteiger partial charge in [-0.2, -0.15) is 0 Å². The summed E-state index contributed by atoms with van der Waals surface area (Å²) in [5.74, 6) is -6.33. The molecule has 0 saturated carbocycles. The minimum absolute atomic E-state index is 0.0134. The third kappa shape index (κ3) is 2.06. The highest BCUT2D eigenvalue weighted by atomic mass is 19.1. The standard InChI is InChI=1S/C23H19FO8/c1-23-16-13-12(11(17(24)22(16)29)9(32-23)6-31-23)20(27)15-14(21(13)28)18(25)7-4-3-5-8(30-2)10(7)19(15)26/h3-5,9,11,16-17,22,27-29H,6H2,1-2H3/t9?,11?,16?,17-,22+,23?/m0/s1. The summed E-state index contributed by atoms with van der Waals surface area (Å²) >= 11 is 0. The lowest BCUT2D eigenvalue weighted by Crippen LogP contribution is -2.49. The third-order valence-electron chi connectivity index (χ3n) is 7.24. The molecule has 9 heteroatoms. The predicted molar refractivity (Wildman–Crippen MR) is 105 cm³/mol. The molecule has 32 heavy (non-hydrogen) atoms. The molecule has 2 saturated heterocycles. The van der Waals surface area contributed by atoms with Crippen LogP contribution in [0.25, 0.3) is 0 Å². The van der Waals surface area contributed by atoms with E-state index in [1.807, 2.05) is 0 Å². The van der Waals surface area contributed by atoms with Crippen molar-refractivity contribution in [2.75, 3.05) is 13.7 Å². The van der Waals surface area contributed by atoms with Gasteiger partial charge in [-0.1, -0.05) is 12.1 Å². The Morgan fingerprint density at radius 3 is 2.50 bits per heavy atom. The maximum Gasteiger partial charge on any atom is 0.202 e. The van der Waals surface area contributed by atoms with Gasteiger partial charge >= 0.3 is 0 Å². The van der Waals surface area contributed by atoms with Crippen molar-refractivity contribution in [3.05, 3.63) is 51.6 Å². The molecule has 0 radical (unpaired) electrons. The van der Waals surface area contributed by atoms with Gasteiger partial charge in [0.15, 0.2) is 11.6 Å². The van der Waals surface area contributed by atoms with Crippen molar-refractivity contribution in [3.8, 4) is 17.2 Å². The maximum atomic E-state index is 15.4. The first-order chi connectivity index (χ1) is 15.2. The van der Waals surface area contributed by atoms with Crippen LogP contribution in [0.2, 0.25) is 0 Å². The second-order valence-electron chi connectivity index (χ2n) is 8.74. The highest BCUT2D eigenvalue weighted by Crippen LogP contribution is 2.62. The van der Waals surface area contributed by atoms with Gasteiger partial charge in [0.05, 0.1) is 54.5 Å². The second-order valence-corrected chi connectivity index (χ2v) is 8.74. The Balaban J connectivity index is 1.71. The van der Waals surface area contributed by atoms with Crippen molar-refractivity contribution in [2.24, 2.45) is 0 Å². The molecule has 0 aromatic heterocycles. The molecule has 2 aromatic rings. The van der Waals surface area contributed by atoms with Gasteiger partial charge in [0, 0.05) is 16.7 Å². The van der Waals surface area contributed by atoms with Gasteiger partial charge in [0.25, 0.3) is 0 Å². The molecule has 4 unspecified atom stereocenters. The number of ether oxygens (including phenoxy) is 3. The van der Waals surface area contributed by atoms with E-state index in [1.165, 1.54) is 32.2 Å². The number of methoxy groups -OCH3 is 1. The number of alkyl halides is 1. The summed E-state index contributed by atoms with van der Waals surface area (Å²) in [7, 11) is 1.35. The van der Waals surface area contributed by atoms with E-state index in [4.69, 9.17) is 14.2 Å². The highest BCUT2D eigenvalue weighted by molar-refractivity contribution is 6.31. The molecule has 0 spiro atoms. The van der Waals surface area contributed by atoms with Gasteiger partial charge < -0.3 is 29.5 Å². The molecule has 3 N–H and O–H groups in total. The Kier molecular flexibility index (Phi) is 3.72. The van der Waals surface area contributed by atoms with Crippen molar-refractivity contribution in [1.82, 2.24) is 0 Å². The number of phenolic OH excluding ortho intramolecular Hbond substituents is 2. The van der Waals surface area contributed by atoms with Crippen molar-refractivity contribution < 1.29 is 43.5 Å². The molecular weight excluding hydrogens is 423 g/mol. The van der Waals surface area contributed by atoms with Crippen LogP contribution < -0.4 is 4.74 Å². The topological polar surface area (TPSA) is 123 Å². The predicted octanol–water partition coefficient (Wildman–Crippen LogP) is 1.91. The first-order valence-corrected chi connectivity index (χ1v) is 10.2. The van der Waals surface area contributed by atoms with Gasteiger partial charge in [-0.3, -0.25) is 9.59 Å². The molecule has 0 amide bonds. The van der Waals surface area contributed by atoms with Crippen LogP contribution in [0.15, 0.2) is 18.2 Å². The van der Waals surface area contributed by atoms with E-state index in [0.29, 0.717) is 0 Å². The molecule has 4 bridgehead atoms. The summed E-state index contributed by atoms with van der Waals surface area (Å²) in [6.07, 6.45) is -4.29. The molecule has 8 nitrogen and oxygen atoms in total. The van der Waals surface area contributed by atoms with Gasteiger partial charge in [-0.25, -0.2) is 4.39 Å². The highest BCUT2D eigenvalue weighted by Gasteiger charge is 2.64. The van der Waals surface area contributed by atoms with Crippen LogP contribution in [-0.4, -0.2) is 64.8 Å². The van der Waals surface area contributed by atoms with E-state index in [-0.39, 0.29) is 40.2 Å². The van der Waals surface area contributed by atoms with Crippen molar-refractivity contribution in [2.45, 2.75) is 42.9 Å². The molecule has 6 atom stereocenters. The minimum Gasteiger partial charge on any atom is -0.507 e. The number of aliphatic hydroxyl groups excluding tert-OH is 1. The van der Waals surface area contributed by atoms with Gasteiger partial charge in [-0.05, 0) is 13.0 Å². The number of aliphatic hydroxyl groups is 1. The fourth-order valence-corrected chi connectivity index (χ4v) is 5.89. The van der Waals surface area contributed by atoms with E-state index in [0.717, 1.165) is 0 Å². The van der Waals surface area contributed by atoms with E-state index in [1.54, 1.807) is 0 Å². The maximum absolute atomic E-state index is 15.4. The molecule has 5 aliphatic rings. The Hall–Kier alpha value is -3.01. The Morgan fingerprint density at radius 1 is 1.09 bits per heavy atom. The number of benzene rings is 2. The number of phenols is 2. The quantitative estimate of drug-likeness (QED) is 0.489. The normalized spacial score (nSPS) is 34.1. The molecule has 7 rings (SSSR count). The number of fused-ring (bicyclic) bond motifs is 3. The van der Waals surface area contributed by atoms with E-state index in [9.17, 15) is 24.9 Å². The molecule has 2 aliphatic carbocycles. The molecular formula is C23H19FO8. The van der Waals surface area contributed by atoms with Crippen LogP contribution in [-0.2, 0) is 9.47 Å². The van der Waals surface area contributed by atoms with Crippen LogP contribution in [0.4, 0.5) is 4.39 Å². The minimum atomic E-state index is -1.83. The number of ketones is 2. The third-order valence-corrected chi connectivity index (χ3v) is 7.24. The average molecular weight is 442 g/mol. The number of hydrogen-bond acceptors (Lipinski definition) is 8. The first kappa shape index (κ1) is 19.7. The van der Waals surface area contributed by atoms with E-state index in [2.05, 4.69) is 0 Å². The van der Waals surface area contributed by atoms with Crippen molar-refractivity contribution >= 4 is 11.6 Å². The summed E-state index contributed by atoms with van der Waals surface area (Å²) < 4.78 is 32.2. The zero-order valence-electron chi connectivity index (χ0n) is 17.1. The first-order valence-electron chi connectivity index (χ1n) is 10.2. The Morgan fingerprint density at radius 2 is 1.78 bits per heavy atom. The Labute approximate surface area is 181 Å². The van der Waals surface area contributed by atoms with Crippen LogP contribution in [0.5, 0.6) is 17.2 Å². The van der Waals surface area contributed by atoms with Gasteiger partial charge in [0.2, 0.25) is 5.78 Å². The summed E-state index contributed by atoms with van der Waals surface area (Å²) in [4.78, 5) is 26.8. The summed E-state index contributed by atoms with van der Waals surface area (Å²) in [5.41, 5.74) is -0.864. The number of carbonyl (C=O) groups excluding carboxylic acids is 2. The van der Waals surface area contributed by atoms with Crippen molar-refractivity contribution in [1.29, 1.82) is 0 Å². The summed E-state index contributed by atoms with van der Waals surface area (Å²) in [5, 5.41) is 33.3. The molecule has 2 aromatic carbocycles. The second kappa shape index (κ2) is 6.06. The van der Waals surface area contributed by atoms with Gasteiger partial charge in [-0.15, -0.1) is 0 Å². The van der Waals surface area contributed by atoms with Gasteiger partial charge in [0.1, 0.15) is 23.4 Å². The fraction of sp³-hybridized carbons (Fsp3) is 0.391. The smallest absolute Gasteiger partial charge is 0.202 e. The number of hydrogen-bond donors (Lipinski definition) is 3. The van der Waals surface area contributed by atoms with Crippen LogP contribution >= 0.6 is 0 Å². The number of halogens is 1. The average Bonchev–Trinajstić information content (AvgIpc) is 3.08. The van der Waals surface area contributed by atoms with Crippen LogP contribution in [0.3, 0.4) is 0 Å². The summed E-state index contributed by atoms with van der Waals surface area (Å²) in [6, 6.07) is 4.48. The number of carbonyl (C=O) groups is 2. The molecule has 3 heterocycles. The molecule has 3 aliphatic heterocycles. The number of rotatable bonds is 1. The fourth-order valence-electron chi connectivity index (χ4n) is 5.89. The number of aromatic hydroxyl groups is 2. The molecule has 2 fully saturated rings. The Bertz CT molecular complexity index is 1240. The summed E-state index contributed by atoms with van der Waals surface area (Å²) in [6.45, 7) is 1.54. The van der Waals surface area contributed by atoms with E-state index < -0.39 is 64.6 Å². The largest absolute Gasteiger partial charge is 0.507 e. The molecule has 166 valence electrons. The van der Waals surface area contributed by atoms with Crippen molar-refractivity contribution in [3.63, 3.8) is 0 Å². The zero-order valence-corrected chi connectivity index (χ0v) is 17.1. The van der Waals surface area contributed by atoms with Crippen LogP contribution in [0.1, 0.15) is 61.7 Å².